The highest BCUT2D eigenvalue weighted by Crippen LogP contribution is 2.30. The first kappa shape index (κ1) is 13.6. The Kier molecular flexibility index (Phi) is 5.58. The van der Waals surface area contributed by atoms with Gasteiger partial charge in [-0.05, 0) is 51.5 Å². The van der Waals surface area contributed by atoms with Gasteiger partial charge in [-0.1, -0.05) is 6.42 Å². The van der Waals surface area contributed by atoms with Crippen molar-refractivity contribution in [3.05, 3.63) is 0 Å². The molecular weight excluding hydrogens is 234 g/mol. The van der Waals surface area contributed by atoms with Gasteiger partial charge in [-0.3, -0.25) is 4.90 Å². The van der Waals surface area contributed by atoms with Crippen LogP contribution in [0.5, 0.6) is 0 Å². The molecule has 0 amide bonds. The van der Waals surface area contributed by atoms with Crippen molar-refractivity contribution in [2.75, 3.05) is 19.5 Å². The second-order valence-electron chi connectivity index (χ2n) is 5.54. The minimum absolute atomic E-state index is 0.493. The Morgan fingerprint density at radius 1 is 1.18 bits per heavy atom. The summed E-state index contributed by atoms with van der Waals surface area (Å²) in [7, 11) is 1.86. The van der Waals surface area contributed by atoms with E-state index in [4.69, 9.17) is 16.3 Å². The Balaban J connectivity index is 1.92. The van der Waals surface area contributed by atoms with Gasteiger partial charge < -0.3 is 4.74 Å². The molecule has 100 valence electrons. The summed E-state index contributed by atoms with van der Waals surface area (Å²) in [6.45, 7) is 1.28. The fourth-order valence-corrected chi connectivity index (χ4v) is 3.83. The van der Waals surface area contributed by atoms with E-state index >= 15 is 0 Å². The van der Waals surface area contributed by atoms with Gasteiger partial charge in [0.05, 0.1) is 6.10 Å². The number of rotatable bonds is 4. The van der Waals surface area contributed by atoms with Crippen molar-refractivity contribution in [1.82, 2.24) is 4.90 Å². The van der Waals surface area contributed by atoms with Gasteiger partial charge >= 0.3 is 0 Å². The molecule has 0 spiro atoms. The van der Waals surface area contributed by atoms with Crippen molar-refractivity contribution in [2.24, 2.45) is 0 Å². The summed E-state index contributed by atoms with van der Waals surface area (Å²) in [5.41, 5.74) is 0. The predicted molar refractivity (Wildman–Crippen MR) is 72.7 cm³/mol. The summed E-state index contributed by atoms with van der Waals surface area (Å²) in [5, 5.41) is 0. The highest BCUT2D eigenvalue weighted by Gasteiger charge is 2.32. The molecule has 1 heterocycles. The average Bonchev–Trinajstić information content (AvgIpc) is 2.40. The third kappa shape index (κ3) is 3.59. The lowest BCUT2D eigenvalue weighted by molar-refractivity contribution is 0.00332. The number of hydrogen-bond acceptors (Lipinski definition) is 2. The topological polar surface area (TPSA) is 12.5 Å². The van der Waals surface area contributed by atoms with Gasteiger partial charge in [-0.2, -0.15) is 0 Å². The van der Waals surface area contributed by atoms with Crippen LogP contribution in [0, 0.1) is 0 Å². The van der Waals surface area contributed by atoms with Crippen LogP contribution in [-0.4, -0.2) is 42.6 Å². The van der Waals surface area contributed by atoms with E-state index in [0.717, 1.165) is 24.4 Å². The third-order valence-corrected chi connectivity index (χ3v) is 4.73. The first-order valence-corrected chi connectivity index (χ1v) is 7.73. The lowest BCUT2D eigenvalue weighted by Gasteiger charge is -2.44. The molecular formula is C14H26ClNO. The predicted octanol–water partition coefficient (Wildman–Crippen LogP) is 3.43. The molecule has 1 aliphatic heterocycles. The number of ether oxygens (including phenoxy) is 1. The highest BCUT2D eigenvalue weighted by atomic mass is 35.5. The van der Waals surface area contributed by atoms with Gasteiger partial charge in [0.1, 0.15) is 0 Å². The molecule has 2 nitrogen and oxygen atoms in total. The molecule has 0 aromatic rings. The van der Waals surface area contributed by atoms with Crippen molar-refractivity contribution >= 4 is 11.6 Å². The quantitative estimate of drug-likeness (QED) is 0.718. The summed E-state index contributed by atoms with van der Waals surface area (Å²) in [6, 6.07) is 1.49. The first-order valence-electron chi connectivity index (χ1n) is 7.19. The van der Waals surface area contributed by atoms with Crippen LogP contribution in [0.1, 0.15) is 51.4 Å². The maximum Gasteiger partial charge on any atom is 0.0586 e. The van der Waals surface area contributed by atoms with Crippen molar-refractivity contribution < 1.29 is 4.74 Å². The van der Waals surface area contributed by atoms with Crippen LogP contribution >= 0.6 is 11.6 Å². The van der Waals surface area contributed by atoms with E-state index in [1.54, 1.807) is 0 Å². The van der Waals surface area contributed by atoms with Crippen LogP contribution in [0.15, 0.2) is 0 Å². The monoisotopic (exact) mass is 259 g/mol. The SMILES string of the molecule is COC1CCCC(N2CCCCC2CCCl)C1. The molecule has 0 radical (unpaired) electrons. The molecule has 3 atom stereocenters. The van der Waals surface area contributed by atoms with Gasteiger partial charge in [0.2, 0.25) is 0 Å². The van der Waals surface area contributed by atoms with E-state index in [1.807, 2.05) is 7.11 Å². The lowest BCUT2D eigenvalue weighted by Crippen LogP contribution is -2.49. The van der Waals surface area contributed by atoms with Crippen LogP contribution in [-0.2, 0) is 4.74 Å². The number of piperidine rings is 1. The van der Waals surface area contributed by atoms with E-state index in [1.165, 1.54) is 51.5 Å². The molecule has 2 fully saturated rings. The Morgan fingerprint density at radius 3 is 2.82 bits per heavy atom. The standard InChI is InChI=1S/C14H26ClNO/c1-17-14-7-4-6-13(11-14)16-10-3-2-5-12(16)8-9-15/h12-14H,2-11H2,1H3. The molecule has 0 bridgehead atoms. The van der Waals surface area contributed by atoms with Crippen LogP contribution in [0.3, 0.4) is 0 Å². The molecule has 1 aliphatic carbocycles. The van der Waals surface area contributed by atoms with Crippen molar-refractivity contribution in [3.8, 4) is 0 Å². The van der Waals surface area contributed by atoms with Crippen LogP contribution in [0.2, 0.25) is 0 Å². The Bertz CT molecular complexity index is 222. The molecule has 0 N–H and O–H groups in total. The molecule has 3 unspecified atom stereocenters. The van der Waals surface area contributed by atoms with Gasteiger partial charge in [0.15, 0.2) is 0 Å². The zero-order valence-electron chi connectivity index (χ0n) is 11.0. The van der Waals surface area contributed by atoms with Crippen LogP contribution < -0.4 is 0 Å². The van der Waals surface area contributed by atoms with E-state index in [0.29, 0.717) is 6.10 Å². The maximum atomic E-state index is 5.94. The van der Waals surface area contributed by atoms with Crippen molar-refractivity contribution in [3.63, 3.8) is 0 Å². The molecule has 1 saturated heterocycles. The highest BCUT2D eigenvalue weighted by molar-refractivity contribution is 6.17. The lowest BCUT2D eigenvalue weighted by atomic mass is 9.88. The summed E-state index contributed by atoms with van der Waals surface area (Å²) in [4.78, 5) is 2.75. The number of halogens is 1. The number of nitrogens with zero attached hydrogens (tertiary/aromatic N) is 1. The normalized spacial score (nSPS) is 36.0. The van der Waals surface area contributed by atoms with E-state index in [9.17, 15) is 0 Å². The summed E-state index contributed by atoms with van der Waals surface area (Å²) in [6.07, 6.45) is 10.9. The summed E-state index contributed by atoms with van der Waals surface area (Å²) in [5.74, 6) is 0.807. The molecule has 17 heavy (non-hydrogen) atoms. The van der Waals surface area contributed by atoms with Crippen molar-refractivity contribution in [2.45, 2.75) is 69.6 Å². The number of methoxy groups -OCH3 is 1. The Hall–Kier alpha value is 0.210. The summed E-state index contributed by atoms with van der Waals surface area (Å²) < 4.78 is 5.55. The second-order valence-corrected chi connectivity index (χ2v) is 5.92. The molecule has 1 saturated carbocycles. The Labute approximate surface area is 111 Å². The largest absolute Gasteiger partial charge is 0.381 e. The Morgan fingerprint density at radius 2 is 2.06 bits per heavy atom. The van der Waals surface area contributed by atoms with Crippen LogP contribution in [0.4, 0.5) is 0 Å². The average molecular weight is 260 g/mol. The first-order chi connectivity index (χ1) is 8.35. The molecule has 0 aromatic heterocycles. The zero-order valence-corrected chi connectivity index (χ0v) is 11.8. The third-order valence-electron chi connectivity index (χ3n) is 4.52. The molecule has 2 rings (SSSR count). The second kappa shape index (κ2) is 6.96. The molecule has 3 heteroatoms. The molecule has 2 aliphatic rings. The van der Waals surface area contributed by atoms with E-state index < -0.39 is 0 Å². The van der Waals surface area contributed by atoms with E-state index in [-0.39, 0.29) is 0 Å². The van der Waals surface area contributed by atoms with Crippen LogP contribution in [0.25, 0.3) is 0 Å². The van der Waals surface area contributed by atoms with Gasteiger partial charge in [0.25, 0.3) is 0 Å². The number of hydrogen-bond donors (Lipinski definition) is 0. The number of likely N-dealkylation sites (tertiary alicyclic amines) is 1. The van der Waals surface area contributed by atoms with Gasteiger partial charge in [-0.25, -0.2) is 0 Å². The fraction of sp³-hybridized carbons (Fsp3) is 1.00. The maximum absolute atomic E-state index is 5.94. The minimum atomic E-state index is 0.493. The number of alkyl halides is 1. The van der Waals surface area contributed by atoms with Gasteiger partial charge in [-0.15, -0.1) is 11.6 Å². The fourth-order valence-electron chi connectivity index (χ4n) is 3.58. The van der Waals surface area contributed by atoms with Crippen molar-refractivity contribution in [1.29, 1.82) is 0 Å². The van der Waals surface area contributed by atoms with Gasteiger partial charge in [0, 0.05) is 25.1 Å². The zero-order chi connectivity index (χ0) is 12.1. The smallest absolute Gasteiger partial charge is 0.0586 e. The van der Waals surface area contributed by atoms with E-state index in [2.05, 4.69) is 4.90 Å². The summed E-state index contributed by atoms with van der Waals surface area (Å²) >= 11 is 5.94. The molecule has 0 aromatic carbocycles. The minimum Gasteiger partial charge on any atom is -0.381 e.